The van der Waals surface area contributed by atoms with E-state index >= 15 is 0 Å². The lowest BCUT2D eigenvalue weighted by Gasteiger charge is -2.10. The maximum absolute atomic E-state index is 12.7. The van der Waals surface area contributed by atoms with Crippen molar-refractivity contribution in [3.63, 3.8) is 0 Å². The Labute approximate surface area is 78.4 Å². The van der Waals surface area contributed by atoms with Gasteiger partial charge in [0.25, 0.3) is 0 Å². The maximum atomic E-state index is 12.7. The Morgan fingerprint density at radius 1 is 1.46 bits per heavy atom. The number of benzene rings is 1. The van der Waals surface area contributed by atoms with Gasteiger partial charge in [-0.2, -0.15) is 0 Å². The first-order valence-corrected chi connectivity index (χ1v) is 4.71. The highest BCUT2D eigenvalue weighted by Gasteiger charge is 2.12. The summed E-state index contributed by atoms with van der Waals surface area (Å²) >= 11 is 0. The average molecular weight is 203 g/mol. The molecular formula is C8H10FNO2S. The van der Waals surface area contributed by atoms with Crippen molar-refractivity contribution in [1.29, 1.82) is 0 Å². The summed E-state index contributed by atoms with van der Waals surface area (Å²) in [4.78, 5) is 0.0880. The van der Waals surface area contributed by atoms with Gasteiger partial charge in [-0.25, -0.2) is 12.9 Å². The predicted molar refractivity (Wildman–Crippen MR) is 48.2 cm³/mol. The second kappa shape index (κ2) is 3.85. The highest BCUT2D eigenvalue weighted by atomic mass is 32.2. The van der Waals surface area contributed by atoms with Gasteiger partial charge in [0.1, 0.15) is 22.6 Å². The molecule has 0 bridgehead atoms. The molecular weight excluding hydrogens is 193 g/mol. The Balaban J connectivity index is 3.13. The van der Waals surface area contributed by atoms with Gasteiger partial charge in [-0.15, -0.1) is 0 Å². The number of hydrogen-bond acceptors (Lipinski definition) is 2. The van der Waals surface area contributed by atoms with Crippen LogP contribution in [0.1, 0.15) is 0 Å². The van der Waals surface area contributed by atoms with Crippen LogP contribution in [0.3, 0.4) is 0 Å². The zero-order valence-corrected chi connectivity index (χ0v) is 8.14. The molecule has 72 valence electrons. The Morgan fingerprint density at radius 3 is 2.62 bits per heavy atom. The summed E-state index contributed by atoms with van der Waals surface area (Å²) in [6, 6.07) is 3.36. The number of halogens is 1. The zero-order chi connectivity index (χ0) is 10.0. The van der Waals surface area contributed by atoms with Crippen molar-refractivity contribution in [2.45, 2.75) is 4.90 Å². The van der Waals surface area contributed by atoms with E-state index in [2.05, 4.69) is 0 Å². The number of rotatable bonds is 2. The molecule has 1 unspecified atom stereocenters. The lowest BCUT2D eigenvalue weighted by Crippen LogP contribution is -2.15. The first-order chi connectivity index (χ1) is 6.02. The van der Waals surface area contributed by atoms with Crippen LogP contribution in [0.2, 0.25) is 0 Å². The van der Waals surface area contributed by atoms with Crippen LogP contribution in [-0.2, 0) is 11.0 Å². The molecule has 5 heteroatoms. The van der Waals surface area contributed by atoms with E-state index in [9.17, 15) is 13.7 Å². The molecule has 0 saturated carbocycles. The summed E-state index contributed by atoms with van der Waals surface area (Å²) in [5.41, 5.74) is 0. The van der Waals surface area contributed by atoms with Gasteiger partial charge in [0.2, 0.25) is 0 Å². The normalized spacial score (nSPS) is 13.2. The molecule has 0 radical (unpaired) electrons. The van der Waals surface area contributed by atoms with Gasteiger partial charge in [-0.1, -0.05) is 0 Å². The van der Waals surface area contributed by atoms with Crippen LogP contribution >= 0.6 is 0 Å². The second-order valence-corrected chi connectivity index (χ2v) is 4.34. The third-order valence-corrected chi connectivity index (χ3v) is 2.81. The summed E-state index contributed by atoms with van der Waals surface area (Å²) < 4.78 is 25.5. The molecule has 1 atom stereocenters. The van der Waals surface area contributed by atoms with Crippen molar-refractivity contribution in [2.24, 2.45) is 0 Å². The van der Waals surface area contributed by atoms with Crippen molar-refractivity contribution < 1.29 is 13.7 Å². The number of aromatic hydroxyl groups is 1. The smallest absolute Gasteiger partial charge is 0.133 e. The molecule has 0 saturated heterocycles. The van der Waals surface area contributed by atoms with Crippen LogP contribution in [0.25, 0.3) is 0 Å². The molecule has 3 nitrogen and oxygen atoms in total. The first kappa shape index (κ1) is 10.1. The molecule has 1 aromatic rings. The molecule has 0 spiro atoms. The SMILES string of the molecule is CN(C)S(=O)c1cc(F)ccc1O. The third kappa shape index (κ3) is 2.26. The molecule has 0 aliphatic carbocycles. The van der Waals surface area contributed by atoms with E-state index < -0.39 is 16.8 Å². The van der Waals surface area contributed by atoms with E-state index in [1.165, 1.54) is 10.4 Å². The van der Waals surface area contributed by atoms with Crippen molar-refractivity contribution >= 4 is 11.0 Å². The molecule has 0 fully saturated rings. The van der Waals surface area contributed by atoms with Crippen LogP contribution in [0, 0.1) is 5.82 Å². The summed E-state index contributed by atoms with van der Waals surface area (Å²) in [5.74, 6) is -0.670. The van der Waals surface area contributed by atoms with Crippen LogP contribution in [0.4, 0.5) is 4.39 Å². The van der Waals surface area contributed by atoms with E-state index in [4.69, 9.17) is 0 Å². The lowest BCUT2D eigenvalue weighted by molar-refractivity contribution is 0.455. The summed E-state index contributed by atoms with van der Waals surface area (Å²) in [6.45, 7) is 0. The lowest BCUT2D eigenvalue weighted by atomic mass is 10.3. The predicted octanol–water partition coefficient (Wildman–Crippen LogP) is 1.12. The highest BCUT2D eigenvalue weighted by molar-refractivity contribution is 7.82. The first-order valence-electron chi connectivity index (χ1n) is 3.60. The molecule has 0 aromatic heterocycles. The van der Waals surface area contributed by atoms with E-state index in [1.54, 1.807) is 14.1 Å². The summed E-state index contributed by atoms with van der Waals surface area (Å²) in [7, 11) is 1.65. The molecule has 1 rings (SSSR count). The summed E-state index contributed by atoms with van der Waals surface area (Å²) in [6.07, 6.45) is 0. The van der Waals surface area contributed by atoms with Gasteiger partial charge in [0, 0.05) is 0 Å². The van der Waals surface area contributed by atoms with Crippen molar-refractivity contribution in [2.75, 3.05) is 14.1 Å². The van der Waals surface area contributed by atoms with Gasteiger partial charge >= 0.3 is 0 Å². The molecule has 1 aromatic carbocycles. The largest absolute Gasteiger partial charge is 0.507 e. The Bertz CT molecular complexity index is 341. The van der Waals surface area contributed by atoms with E-state index in [1.807, 2.05) is 0 Å². The fourth-order valence-electron chi connectivity index (χ4n) is 0.825. The fourth-order valence-corrected chi connectivity index (χ4v) is 1.68. The van der Waals surface area contributed by atoms with Crippen LogP contribution in [-0.4, -0.2) is 27.7 Å². The van der Waals surface area contributed by atoms with Gasteiger partial charge in [-0.05, 0) is 32.3 Å². The summed E-state index contributed by atoms with van der Waals surface area (Å²) in [5, 5.41) is 9.27. The molecule has 13 heavy (non-hydrogen) atoms. The van der Waals surface area contributed by atoms with Crippen molar-refractivity contribution in [1.82, 2.24) is 4.31 Å². The fraction of sp³-hybridized carbons (Fsp3) is 0.250. The number of phenolic OH excluding ortho intramolecular Hbond substituents is 1. The third-order valence-electron chi connectivity index (χ3n) is 1.44. The average Bonchev–Trinajstić information content (AvgIpc) is 2.08. The topological polar surface area (TPSA) is 40.5 Å². The van der Waals surface area contributed by atoms with Crippen LogP contribution < -0.4 is 0 Å². The van der Waals surface area contributed by atoms with E-state index in [0.717, 1.165) is 12.1 Å². The number of nitrogens with zero attached hydrogens (tertiary/aromatic N) is 1. The molecule has 0 heterocycles. The monoisotopic (exact) mass is 203 g/mol. The van der Waals surface area contributed by atoms with Gasteiger partial charge in [0.15, 0.2) is 0 Å². The Morgan fingerprint density at radius 2 is 2.08 bits per heavy atom. The zero-order valence-electron chi connectivity index (χ0n) is 7.32. The van der Waals surface area contributed by atoms with E-state index in [-0.39, 0.29) is 10.6 Å². The molecule has 1 N–H and O–H groups in total. The standard InChI is InChI=1S/C8H10FNO2S/c1-10(2)13(12)8-5-6(9)3-4-7(8)11/h3-5,11H,1-2H3. The van der Waals surface area contributed by atoms with Crippen molar-refractivity contribution in [3.8, 4) is 5.75 Å². The van der Waals surface area contributed by atoms with Gasteiger partial charge in [0.05, 0.1) is 4.90 Å². The maximum Gasteiger partial charge on any atom is 0.133 e. The van der Waals surface area contributed by atoms with Crippen LogP contribution in [0.5, 0.6) is 5.75 Å². The number of hydrogen-bond donors (Lipinski definition) is 1. The minimum atomic E-state index is -1.51. The quantitative estimate of drug-likeness (QED) is 0.782. The highest BCUT2D eigenvalue weighted by Crippen LogP contribution is 2.22. The van der Waals surface area contributed by atoms with E-state index in [0.29, 0.717) is 0 Å². The minimum Gasteiger partial charge on any atom is -0.507 e. The second-order valence-electron chi connectivity index (χ2n) is 2.67. The Hall–Kier alpha value is -0.940. The molecule has 0 amide bonds. The van der Waals surface area contributed by atoms with Gasteiger partial charge in [-0.3, -0.25) is 0 Å². The van der Waals surface area contributed by atoms with Gasteiger partial charge < -0.3 is 5.11 Å². The minimum absolute atomic E-state index is 0.0880. The Kier molecular flexibility index (Phi) is 3.00. The molecule has 0 aliphatic rings. The van der Waals surface area contributed by atoms with Crippen LogP contribution in [0.15, 0.2) is 23.1 Å². The molecule has 0 aliphatic heterocycles. The van der Waals surface area contributed by atoms with Crippen molar-refractivity contribution in [3.05, 3.63) is 24.0 Å². The number of phenols is 1.